The summed E-state index contributed by atoms with van der Waals surface area (Å²) in [4.78, 5) is 23.5. The molecule has 174 valence electrons. The first-order valence-corrected chi connectivity index (χ1v) is 12.8. The van der Waals surface area contributed by atoms with Gasteiger partial charge in [-0.15, -0.1) is 11.3 Å². The Morgan fingerprint density at radius 3 is 2.76 bits per heavy atom. The third-order valence-electron chi connectivity index (χ3n) is 7.16. The lowest BCUT2D eigenvalue weighted by atomic mass is 9.75. The molecule has 3 aromatic rings. The molecule has 2 bridgehead atoms. The average molecular weight is 467 g/mol. The largest absolute Gasteiger partial charge is 0.351 e. The molecule has 5 N–H and O–H groups in total. The van der Waals surface area contributed by atoms with Crippen LogP contribution in [-0.4, -0.2) is 56.7 Å². The second-order valence-electron chi connectivity index (χ2n) is 9.69. The Kier molecular flexibility index (Phi) is 5.51. The molecule has 3 aliphatic heterocycles. The zero-order chi connectivity index (χ0) is 22.4. The summed E-state index contributed by atoms with van der Waals surface area (Å²) in [6, 6.07) is 5.09. The van der Waals surface area contributed by atoms with E-state index in [2.05, 4.69) is 31.5 Å². The van der Waals surface area contributed by atoms with Crippen LogP contribution in [0, 0.1) is 12.8 Å². The number of piperidine rings is 2. The van der Waals surface area contributed by atoms with Gasteiger partial charge in [-0.1, -0.05) is 0 Å². The van der Waals surface area contributed by atoms with Crippen molar-refractivity contribution in [2.45, 2.75) is 69.6 Å². The molecule has 10 heteroatoms. The van der Waals surface area contributed by atoms with E-state index < -0.39 is 0 Å². The van der Waals surface area contributed by atoms with Gasteiger partial charge in [-0.3, -0.25) is 9.89 Å². The molecule has 0 spiro atoms. The number of thiophene rings is 1. The summed E-state index contributed by atoms with van der Waals surface area (Å²) in [5.41, 5.74) is 0.994. The van der Waals surface area contributed by atoms with Crippen LogP contribution in [0.15, 0.2) is 17.5 Å². The first kappa shape index (κ1) is 21.0. The third kappa shape index (κ3) is 4.34. The quantitative estimate of drug-likeness (QED) is 0.376. The van der Waals surface area contributed by atoms with E-state index in [1.54, 1.807) is 11.3 Å². The van der Waals surface area contributed by atoms with Gasteiger partial charge < -0.3 is 21.3 Å². The highest BCUT2D eigenvalue weighted by atomic mass is 32.1. The smallest absolute Gasteiger partial charge is 0.226 e. The van der Waals surface area contributed by atoms with Crippen LogP contribution in [0.5, 0.6) is 0 Å². The fourth-order valence-corrected chi connectivity index (χ4v) is 6.49. The van der Waals surface area contributed by atoms with Crippen LogP contribution < -0.4 is 21.3 Å². The van der Waals surface area contributed by atoms with Crippen molar-refractivity contribution in [2.24, 2.45) is 5.92 Å². The number of aryl methyl sites for hydroxylation is 1. The van der Waals surface area contributed by atoms with Crippen molar-refractivity contribution in [3.05, 3.63) is 23.2 Å². The van der Waals surface area contributed by atoms with Gasteiger partial charge in [0.25, 0.3) is 0 Å². The van der Waals surface area contributed by atoms with E-state index in [9.17, 15) is 4.79 Å². The van der Waals surface area contributed by atoms with Gasteiger partial charge in [-0.25, -0.2) is 4.98 Å². The van der Waals surface area contributed by atoms with Gasteiger partial charge in [0.15, 0.2) is 11.6 Å². The van der Waals surface area contributed by atoms with Gasteiger partial charge in [0.1, 0.15) is 10.6 Å². The molecular weight excluding hydrogens is 436 g/mol. The van der Waals surface area contributed by atoms with Crippen molar-refractivity contribution in [2.75, 3.05) is 17.2 Å². The monoisotopic (exact) mass is 466 g/mol. The first-order chi connectivity index (χ1) is 16.1. The number of hydrogen-bond acceptors (Lipinski definition) is 9. The maximum atomic E-state index is 13.0. The Morgan fingerprint density at radius 2 is 2.03 bits per heavy atom. The van der Waals surface area contributed by atoms with Crippen LogP contribution in [0.2, 0.25) is 0 Å². The van der Waals surface area contributed by atoms with Gasteiger partial charge >= 0.3 is 0 Å². The highest BCUT2D eigenvalue weighted by molar-refractivity contribution is 7.16. The topological polar surface area (TPSA) is 120 Å². The average Bonchev–Trinajstić information content (AvgIpc) is 3.55. The number of anilines is 3. The molecule has 9 nitrogen and oxygen atoms in total. The predicted octanol–water partition coefficient (Wildman–Crippen LogP) is 3.10. The summed E-state index contributed by atoms with van der Waals surface area (Å²) in [6.45, 7) is 2.95. The number of aromatic nitrogens is 4. The number of nitrogens with zero attached hydrogens (tertiary/aromatic N) is 3. The minimum absolute atomic E-state index is 0.0814. The summed E-state index contributed by atoms with van der Waals surface area (Å²) in [6.07, 6.45) is 5.94. The highest BCUT2D eigenvalue weighted by Crippen LogP contribution is 2.34. The minimum Gasteiger partial charge on any atom is -0.351 e. The van der Waals surface area contributed by atoms with E-state index in [1.807, 2.05) is 24.4 Å². The van der Waals surface area contributed by atoms with Crippen LogP contribution in [0.1, 0.15) is 44.2 Å². The van der Waals surface area contributed by atoms with Crippen LogP contribution in [0.25, 0.3) is 10.2 Å². The molecule has 1 unspecified atom stereocenters. The molecule has 3 aliphatic rings. The number of nitrogens with one attached hydrogen (secondary N) is 5. The predicted molar refractivity (Wildman–Crippen MR) is 130 cm³/mol. The van der Waals surface area contributed by atoms with Crippen molar-refractivity contribution < 1.29 is 4.79 Å². The molecule has 6 heterocycles. The molecule has 3 saturated heterocycles. The zero-order valence-electron chi connectivity index (χ0n) is 18.7. The van der Waals surface area contributed by atoms with E-state index >= 15 is 0 Å². The van der Waals surface area contributed by atoms with Gasteiger partial charge in [0.05, 0.1) is 11.4 Å². The number of rotatable bonds is 6. The fourth-order valence-electron chi connectivity index (χ4n) is 5.73. The lowest BCUT2D eigenvalue weighted by Gasteiger charge is -2.43. The third-order valence-corrected chi connectivity index (χ3v) is 7.97. The number of H-pyrrole nitrogens is 1. The lowest BCUT2D eigenvalue weighted by molar-refractivity contribution is -0.126. The van der Waals surface area contributed by atoms with Crippen molar-refractivity contribution in [3.63, 3.8) is 0 Å². The second-order valence-corrected chi connectivity index (χ2v) is 10.6. The highest BCUT2D eigenvalue weighted by Gasteiger charge is 2.40. The molecule has 0 saturated carbocycles. The number of carbonyl (C=O) groups excluding carboxylic acids is 1. The number of carbonyl (C=O) groups is 1. The summed E-state index contributed by atoms with van der Waals surface area (Å²) in [5, 5.41) is 24.3. The lowest BCUT2D eigenvalue weighted by Crippen LogP contribution is -2.56. The van der Waals surface area contributed by atoms with E-state index in [0.717, 1.165) is 72.6 Å². The van der Waals surface area contributed by atoms with Crippen LogP contribution >= 0.6 is 11.3 Å². The number of fused-ring (bicyclic) bond motifs is 3. The molecule has 0 aliphatic carbocycles. The Morgan fingerprint density at radius 1 is 1.18 bits per heavy atom. The molecule has 0 aromatic carbocycles. The molecule has 5 atom stereocenters. The number of ketones is 1. The Bertz CT molecular complexity index is 1140. The summed E-state index contributed by atoms with van der Waals surface area (Å²) >= 11 is 1.61. The van der Waals surface area contributed by atoms with Gasteiger partial charge in [0.2, 0.25) is 5.95 Å². The normalized spacial score (nSPS) is 29.3. The molecule has 0 amide bonds. The number of aromatic amines is 1. The van der Waals surface area contributed by atoms with E-state index in [1.165, 1.54) is 0 Å². The van der Waals surface area contributed by atoms with Gasteiger partial charge in [-0.05, 0) is 63.4 Å². The van der Waals surface area contributed by atoms with E-state index in [-0.39, 0.29) is 12.0 Å². The van der Waals surface area contributed by atoms with Crippen molar-refractivity contribution >= 4 is 44.9 Å². The van der Waals surface area contributed by atoms with Crippen molar-refractivity contribution in [3.8, 4) is 0 Å². The molecule has 6 rings (SSSR count). The maximum absolute atomic E-state index is 13.0. The molecular formula is C23H30N8OS. The first-order valence-electron chi connectivity index (χ1n) is 11.9. The van der Waals surface area contributed by atoms with Crippen LogP contribution in [0.3, 0.4) is 0 Å². The number of hydrogen-bond donors (Lipinski definition) is 5. The standard InChI is InChI=1S/C23H30N8OS/c1-12-7-19(31-30-12)27-21-17-4-6-33-22(17)29-23(28-21)26-16-10-14-8-13(9-15(11-16)25-14)20(32)18-3-2-5-24-18/h4,6-7,13-16,18,24-25H,2-3,5,8-11H2,1H3,(H3,26,27,28,29,30,31)/t13?,14-,15+,16-,18-/m1/s1. The zero-order valence-corrected chi connectivity index (χ0v) is 19.5. The Labute approximate surface area is 196 Å². The van der Waals surface area contributed by atoms with Gasteiger partial charge in [-0.2, -0.15) is 10.1 Å². The fraction of sp³-hybridized carbons (Fsp3) is 0.565. The minimum atomic E-state index is 0.0814. The number of Topliss-reactive ketones (excluding diaryl/α,β-unsaturated/α-hetero) is 1. The van der Waals surface area contributed by atoms with Crippen molar-refractivity contribution in [1.29, 1.82) is 0 Å². The van der Waals surface area contributed by atoms with Crippen LogP contribution in [0.4, 0.5) is 17.6 Å². The second kappa shape index (κ2) is 8.66. The molecule has 3 fully saturated rings. The SMILES string of the molecule is Cc1cc(Nc2nc(N[C@@H]3C[C@H]4CC(C(=O)[C@H]5CCCN5)C[C@@H](C3)N4)nc3sccc23)n[nH]1. The van der Waals surface area contributed by atoms with Crippen molar-refractivity contribution in [1.82, 2.24) is 30.8 Å². The Hall–Kier alpha value is -2.56. The molecule has 0 radical (unpaired) electrons. The molecule has 3 aromatic heterocycles. The van der Waals surface area contributed by atoms with E-state index in [4.69, 9.17) is 9.97 Å². The van der Waals surface area contributed by atoms with Crippen LogP contribution in [-0.2, 0) is 4.79 Å². The van der Waals surface area contributed by atoms with E-state index in [0.29, 0.717) is 29.9 Å². The Balaban J connectivity index is 1.15. The summed E-state index contributed by atoms with van der Waals surface area (Å²) in [7, 11) is 0. The maximum Gasteiger partial charge on any atom is 0.226 e. The summed E-state index contributed by atoms with van der Waals surface area (Å²) < 4.78 is 0. The van der Waals surface area contributed by atoms with Gasteiger partial charge in [0, 0.05) is 35.8 Å². The molecule has 33 heavy (non-hydrogen) atoms. The summed E-state index contributed by atoms with van der Waals surface area (Å²) in [5.74, 6) is 2.77.